The van der Waals surface area contributed by atoms with E-state index in [0.29, 0.717) is 0 Å². The van der Waals surface area contributed by atoms with Gasteiger partial charge in [-0.25, -0.2) is 0 Å². The predicted molar refractivity (Wildman–Crippen MR) is 37.6 cm³/mol. The molecule has 0 bridgehead atoms. The molecule has 1 unspecified atom stereocenters. The summed E-state index contributed by atoms with van der Waals surface area (Å²) in [5.41, 5.74) is 3.37. The quantitative estimate of drug-likeness (QED) is 0.655. The molecule has 0 heterocycles. The average Bonchev–Trinajstić information content (AvgIpc) is 1.59. The molecule has 11 heavy (non-hydrogen) atoms. The molecule has 0 saturated carbocycles. The smallest absolute Gasteiger partial charge is 0.382 e. The minimum atomic E-state index is -4.63. The van der Waals surface area contributed by atoms with Gasteiger partial charge in [0.2, 0.25) is 0 Å². The summed E-state index contributed by atoms with van der Waals surface area (Å²) in [5, 5.41) is 8.47. The van der Waals surface area contributed by atoms with E-state index in [1.54, 1.807) is 0 Å². The van der Waals surface area contributed by atoms with Gasteiger partial charge in [0.15, 0.2) is 6.10 Å². The van der Waals surface area contributed by atoms with Crippen molar-refractivity contribution in [3.8, 4) is 0 Å². The van der Waals surface area contributed by atoms with Gasteiger partial charge in [0.1, 0.15) is 0 Å². The van der Waals surface area contributed by atoms with Gasteiger partial charge in [-0.05, 0) is 13.8 Å². The van der Waals surface area contributed by atoms with Crippen LogP contribution < -0.4 is 5.73 Å². The van der Waals surface area contributed by atoms with E-state index in [4.69, 9.17) is 10.8 Å². The van der Waals surface area contributed by atoms with E-state index in [1.165, 1.54) is 0 Å². The normalized spacial score (nSPS) is 15.5. The first-order valence-corrected chi connectivity index (χ1v) is 2.69. The van der Waals surface area contributed by atoms with Crippen LogP contribution in [0.3, 0.4) is 0 Å². The first kappa shape index (κ1) is 13.6. The number of hydrogen-bond acceptors (Lipinski definition) is 2. The van der Waals surface area contributed by atoms with Crippen molar-refractivity contribution in [3.05, 3.63) is 0 Å². The van der Waals surface area contributed by atoms with Gasteiger partial charge in [0.25, 0.3) is 0 Å². The van der Waals surface area contributed by atoms with Crippen LogP contribution in [-0.2, 0) is 0 Å². The highest BCUT2D eigenvalue weighted by molar-refractivity contribution is 5.85. The minimum absolute atomic E-state index is 0. The molecule has 70 valence electrons. The molecule has 0 aromatic rings. The maximum Gasteiger partial charge on any atom is 0.416 e. The summed E-state index contributed by atoms with van der Waals surface area (Å²) in [5.74, 6) is 0. The van der Waals surface area contributed by atoms with Crippen molar-refractivity contribution in [2.45, 2.75) is 31.7 Å². The zero-order valence-corrected chi connectivity index (χ0v) is 6.96. The number of rotatable bonds is 1. The Morgan fingerprint density at radius 3 is 1.55 bits per heavy atom. The first-order valence-electron chi connectivity index (χ1n) is 2.69. The van der Waals surface area contributed by atoms with E-state index in [0.717, 1.165) is 13.8 Å². The van der Waals surface area contributed by atoms with Gasteiger partial charge < -0.3 is 10.8 Å². The van der Waals surface area contributed by atoms with Gasteiger partial charge in [-0.3, -0.25) is 0 Å². The number of nitrogens with two attached hydrogens (primary N) is 1. The van der Waals surface area contributed by atoms with Crippen LogP contribution in [0, 0.1) is 0 Å². The van der Waals surface area contributed by atoms with Crippen LogP contribution >= 0.6 is 12.4 Å². The molecule has 0 aromatic heterocycles. The fourth-order valence-electron chi connectivity index (χ4n) is 0.422. The molecule has 0 amide bonds. The van der Waals surface area contributed by atoms with Crippen LogP contribution in [0.15, 0.2) is 0 Å². The summed E-state index contributed by atoms with van der Waals surface area (Å²) in [6.07, 6.45) is -7.09. The molecule has 0 aliphatic heterocycles. The highest BCUT2D eigenvalue weighted by Crippen LogP contribution is 2.25. The highest BCUT2D eigenvalue weighted by Gasteiger charge is 2.45. The molecule has 3 N–H and O–H groups in total. The Hall–Kier alpha value is -0.0000000000000000555. The summed E-state index contributed by atoms with van der Waals surface area (Å²) in [7, 11) is 0. The SMILES string of the molecule is CC(C)(N)C(O)C(F)(F)F.Cl. The molecule has 0 radical (unpaired) electrons. The number of alkyl halides is 3. The van der Waals surface area contributed by atoms with Crippen molar-refractivity contribution in [1.82, 2.24) is 0 Å². The molecule has 2 nitrogen and oxygen atoms in total. The van der Waals surface area contributed by atoms with Crippen molar-refractivity contribution < 1.29 is 18.3 Å². The molecular weight excluding hydrogens is 183 g/mol. The summed E-state index contributed by atoms with van der Waals surface area (Å²) >= 11 is 0. The van der Waals surface area contributed by atoms with Crippen LogP contribution in [-0.4, -0.2) is 22.9 Å². The van der Waals surface area contributed by atoms with Crippen LogP contribution in [0.5, 0.6) is 0 Å². The van der Waals surface area contributed by atoms with Crippen LogP contribution in [0.4, 0.5) is 13.2 Å². The third-order valence-electron chi connectivity index (χ3n) is 1.01. The molecule has 0 aliphatic carbocycles. The Balaban J connectivity index is 0. The molecule has 0 fully saturated rings. The zero-order valence-electron chi connectivity index (χ0n) is 6.14. The monoisotopic (exact) mass is 193 g/mol. The fraction of sp³-hybridized carbons (Fsp3) is 1.00. The van der Waals surface area contributed by atoms with Crippen molar-refractivity contribution >= 4 is 12.4 Å². The van der Waals surface area contributed by atoms with Crippen LogP contribution in [0.2, 0.25) is 0 Å². The van der Waals surface area contributed by atoms with Crippen molar-refractivity contribution in [2.75, 3.05) is 0 Å². The lowest BCUT2D eigenvalue weighted by Gasteiger charge is -2.27. The second-order valence-corrected chi connectivity index (χ2v) is 2.77. The maximum atomic E-state index is 11.6. The van der Waals surface area contributed by atoms with Crippen LogP contribution in [0.1, 0.15) is 13.8 Å². The molecular formula is C5H11ClF3NO. The van der Waals surface area contributed by atoms with Crippen LogP contribution in [0.25, 0.3) is 0 Å². The summed E-state index contributed by atoms with van der Waals surface area (Å²) in [4.78, 5) is 0. The Labute approximate surface area is 69.0 Å². The Morgan fingerprint density at radius 2 is 1.55 bits per heavy atom. The van der Waals surface area contributed by atoms with Gasteiger partial charge in [0.05, 0.1) is 0 Å². The van der Waals surface area contributed by atoms with Crippen molar-refractivity contribution in [1.29, 1.82) is 0 Å². The average molecular weight is 194 g/mol. The second kappa shape index (κ2) is 3.60. The third kappa shape index (κ3) is 4.44. The Bertz CT molecular complexity index is 106. The zero-order chi connectivity index (χ0) is 8.58. The lowest BCUT2D eigenvalue weighted by Crippen LogP contribution is -2.52. The second-order valence-electron chi connectivity index (χ2n) is 2.77. The first-order chi connectivity index (χ1) is 4.15. The largest absolute Gasteiger partial charge is 0.416 e. The van der Waals surface area contributed by atoms with Gasteiger partial charge in [-0.1, -0.05) is 0 Å². The van der Waals surface area contributed by atoms with E-state index < -0.39 is 17.8 Å². The highest BCUT2D eigenvalue weighted by atomic mass is 35.5. The topological polar surface area (TPSA) is 46.2 Å². The minimum Gasteiger partial charge on any atom is -0.382 e. The standard InChI is InChI=1S/C5H10F3NO.ClH/c1-4(2,9)3(10)5(6,7)8;/h3,10H,9H2,1-2H3;1H. The number of hydrogen-bond donors (Lipinski definition) is 2. The molecule has 6 heteroatoms. The van der Waals surface area contributed by atoms with Gasteiger partial charge in [-0.2, -0.15) is 13.2 Å². The molecule has 1 atom stereocenters. The summed E-state index contributed by atoms with van der Waals surface area (Å²) < 4.78 is 34.8. The predicted octanol–water partition coefficient (Wildman–Crippen LogP) is 1.07. The number of halogens is 4. The van der Waals surface area contributed by atoms with E-state index in [9.17, 15) is 13.2 Å². The molecule has 0 saturated heterocycles. The number of aliphatic hydroxyl groups excluding tert-OH is 1. The maximum absolute atomic E-state index is 11.6. The van der Waals surface area contributed by atoms with Gasteiger partial charge in [0, 0.05) is 5.54 Å². The van der Waals surface area contributed by atoms with Gasteiger partial charge in [-0.15, -0.1) is 12.4 Å². The lowest BCUT2D eigenvalue weighted by atomic mass is 9.99. The molecule has 0 aliphatic rings. The van der Waals surface area contributed by atoms with E-state index in [2.05, 4.69) is 0 Å². The van der Waals surface area contributed by atoms with E-state index in [-0.39, 0.29) is 12.4 Å². The van der Waals surface area contributed by atoms with Crippen molar-refractivity contribution in [2.24, 2.45) is 5.73 Å². The third-order valence-corrected chi connectivity index (χ3v) is 1.01. The number of aliphatic hydroxyl groups is 1. The van der Waals surface area contributed by atoms with Crippen molar-refractivity contribution in [3.63, 3.8) is 0 Å². The molecule has 0 spiro atoms. The summed E-state index contributed by atoms with van der Waals surface area (Å²) in [6.45, 7) is 2.23. The van der Waals surface area contributed by atoms with Gasteiger partial charge >= 0.3 is 6.18 Å². The molecule has 0 aromatic carbocycles. The Kier molecular flexibility index (Phi) is 4.44. The lowest BCUT2D eigenvalue weighted by molar-refractivity contribution is -0.219. The fourth-order valence-corrected chi connectivity index (χ4v) is 0.422. The van der Waals surface area contributed by atoms with E-state index in [1.807, 2.05) is 0 Å². The Morgan fingerprint density at radius 1 is 1.27 bits per heavy atom. The van der Waals surface area contributed by atoms with E-state index >= 15 is 0 Å². The molecule has 0 rings (SSSR count). The summed E-state index contributed by atoms with van der Waals surface area (Å²) in [6, 6.07) is 0.